The van der Waals surface area contributed by atoms with Crippen molar-refractivity contribution >= 4 is 0 Å². The molecule has 0 aliphatic carbocycles. The number of rotatable bonds is 5. The second kappa shape index (κ2) is 6.92. The van der Waals surface area contributed by atoms with Gasteiger partial charge in [-0.1, -0.05) is 19.4 Å². The summed E-state index contributed by atoms with van der Waals surface area (Å²) in [5.74, 6) is 2.04. The first kappa shape index (κ1) is 15.0. The number of ether oxygens (including phenoxy) is 1. The molecular weight excluding hydrogens is 278 g/mol. The lowest BCUT2D eigenvalue weighted by Crippen LogP contribution is -2.38. The largest absolute Gasteiger partial charge is 0.497 e. The normalized spacial score (nSPS) is 19.3. The molecule has 0 N–H and O–H groups in total. The van der Waals surface area contributed by atoms with Gasteiger partial charge in [0.2, 0.25) is 11.8 Å². The molecular formula is C17H23N3O2. The summed E-state index contributed by atoms with van der Waals surface area (Å²) in [6.45, 7) is 4.11. The molecule has 22 heavy (non-hydrogen) atoms. The summed E-state index contributed by atoms with van der Waals surface area (Å²) in [4.78, 5) is 2.46. The van der Waals surface area contributed by atoms with E-state index in [0.717, 1.165) is 24.4 Å². The molecule has 1 aromatic carbocycles. The third kappa shape index (κ3) is 3.30. The van der Waals surface area contributed by atoms with E-state index in [2.05, 4.69) is 22.0 Å². The molecule has 5 nitrogen and oxygen atoms in total. The summed E-state index contributed by atoms with van der Waals surface area (Å²) in [7, 11) is 1.65. The van der Waals surface area contributed by atoms with E-state index in [1.807, 2.05) is 24.3 Å². The molecule has 0 saturated carbocycles. The molecule has 0 bridgehead atoms. The zero-order valence-electron chi connectivity index (χ0n) is 13.3. The summed E-state index contributed by atoms with van der Waals surface area (Å²) in [5, 5.41) is 8.39. The van der Waals surface area contributed by atoms with Gasteiger partial charge in [0, 0.05) is 11.6 Å². The number of hydrogen-bond acceptors (Lipinski definition) is 5. The van der Waals surface area contributed by atoms with Crippen molar-refractivity contribution < 1.29 is 9.15 Å². The third-order valence-corrected chi connectivity index (χ3v) is 4.34. The molecule has 1 aliphatic heterocycles. The van der Waals surface area contributed by atoms with Gasteiger partial charge in [-0.15, -0.1) is 10.2 Å². The lowest BCUT2D eigenvalue weighted by molar-refractivity contribution is 0.124. The number of aromatic nitrogens is 2. The van der Waals surface area contributed by atoms with Crippen molar-refractivity contribution in [3.63, 3.8) is 0 Å². The maximum absolute atomic E-state index is 5.85. The fourth-order valence-electron chi connectivity index (χ4n) is 3.09. The highest BCUT2D eigenvalue weighted by atomic mass is 16.5. The first-order chi connectivity index (χ1) is 10.8. The van der Waals surface area contributed by atoms with Crippen molar-refractivity contribution in [2.75, 3.05) is 13.7 Å². The molecule has 2 heterocycles. The van der Waals surface area contributed by atoms with Gasteiger partial charge in [-0.25, -0.2) is 0 Å². The minimum absolute atomic E-state index is 0.555. The van der Waals surface area contributed by atoms with E-state index < -0.39 is 0 Å². The van der Waals surface area contributed by atoms with Crippen molar-refractivity contribution in [2.45, 2.75) is 45.2 Å². The van der Waals surface area contributed by atoms with E-state index in [0.29, 0.717) is 17.8 Å². The predicted molar refractivity (Wildman–Crippen MR) is 84.6 cm³/mol. The Bertz CT molecular complexity index is 611. The fraction of sp³-hybridized carbons (Fsp3) is 0.529. The molecule has 5 heteroatoms. The van der Waals surface area contributed by atoms with Crippen LogP contribution in [0.1, 0.15) is 38.5 Å². The van der Waals surface area contributed by atoms with Crippen molar-refractivity contribution in [2.24, 2.45) is 0 Å². The van der Waals surface area contributed by atoms with Crippen LogP contribution in [0.15, 0.2) is 28.7 Å². The quantitative estimate of drug-likeness (QED) is 0.846. The van der Waals surface area contributed by atoms with Crippen LogP contribution >= 0.6 is 0 Å². The van der Waals surface area contributed by atoms with Gasteiger partial charge < -0.3 is 9.15 Å². The lowest BCUT2D eigenvalue weighted by Gasteiger charge is -2.33. The van der Waals surface area contributed by atoms with Crippen LogP contribution in [-0.2, 0) is 6.54 Å². The number of methoxy groups -OCH3 is 1. The Hall–Kier alpha value is -1.88. The minimum Gasteiger partial charge on any atom is -0.497 e. The van der Waals surface area contributed by atoms with E-state index in [1.165, 1.54) is 25.7 Å². The molecule has 3 rings (SSSR count). The molecule has 0 radical (unpaired) electrons. The molecule has 1 unspecified atom stereocenters. The second-order valence-corrected chi connectivity index (χ2v) is 5.76. The summed E-state index contributed by atoms with van der Waals surface area (Å²) < 4.78 is 11.1. The van der Waals surface area contributed by atoms with E-state index >= 15 is 0 Å². The standard InChI is InChI=1S/C17H23N3O2/c1-3-14-8-4-5-10-20(14)12-16-18-19-17(22-16)13-7-6-9-15(11-13)21-2/h6-7,9,11,14H,3-5,8,10,12H2,1-2H3. The smallest absolute Gasteiger partial charge is 0.247 e. The van der Waals surface area contributed by atoms with Gasteiger partial charge in [0.15, 0.2) is 0 Å². The Morgan fingerprint density at radius 3 is 3.05 bits per heavy atom. The van der Waals surface area contributed by atoms with Gasteiger partial charge in [-0.3, -0.25) is 4.90 Å². The highest BCUT2D eigenvalue weighted by Gasteiger charge is 2.22. The monoisotopic (exact) mass is 301 g/mol. The molecule has 1 atom stereocenters. The van der Waals surface area contributed by atoms with Crippen LogP contribution in [0, 0.1) is 0 Å². The zero-order valence-corrected chi connectivity index (χ0v) is 13.3. The van der Waals surface area contributed by atoms with Crippen LogP contribution in [0.25, 0.3) is 11.5 Å². The molecule has 0 spiro atoms. The van der Waals surface area contributed by atoms with E-state index in [1.54, 1.807) is 7.11 Å². The Balaban J connectivity index is 1.73. The van der Waals surface area contributed by atoms with Crippen molar-refractivity contribution in [3.05, 3.63) is 30.2 Å². The van der Waals surface area contributed by atoms with E-state index in [9.17, 15) is 0 Å². The van der Waals surface area contributed by atoms with Crippen LogP contribution in [0.5, 0.6) is 5.75 Å². The minimum atomic E-state index is 0.555. The summed E-state index contributed by atoms with van der Waals surface area (Å²) in [5.41, 5.74) is 0.892. The Kier molecular flexibility index (Phi) is 4.73. The van der Waals surface area contributed by atoms with Crippen molar-refractivity contribution in [3.8, 4) is 17.2 Å². The number of hydrogen-bond donors (Lipinski definition) is 0. The van der Waals surface area contributed by atoms with Crippen molar-refractivity contribution in [1.82, 2.24) is 15.1 Å². The molecule has 1 saturated heterocycles. The average molecular weight is 301 g/mol. The van der Waals surface area contributed by atoms with Crippen LogP contribution in [-0.4, -0.2) is 34.8 Å². The van der Waals surface area contributed by atoms with Crippen LogP contribution in [0.3, 0.4) is 0 Å². The first-order valence-corrected chi connectivity index (χ1v) is 8.01. The van der Waals surface area contributed by atoms with Crippen LogP contribution in [0.4, 0.5) is 0 Å². The first-order valence-electron chi connectivity index (χ1n) is 8.01. The Morgan fingerprint density at radius 2 is 2.23 bits per heavy atom. The topological polar surface area (TPSA) is 51.4 Å². The zero-order chi connectivity index (χ0) is 15.4. The third-order valence-electron chi connectivity index (χ3n) is 4.34. The lowest BCUT2D eigenvalue weighted by atomic mass is 10.0. The molecule has 0 amide bonds. The van der Waals surface area contributed by atoms with Crippen LogP contribution in [0.2, 0.25) is 0 Å². The summed E-state index contributed by atoms with van der Waals surface area (Å²) >= 11 is 0. The predicted octanol–water partition coefficient (Wildman–Crippen LogP) is 3.51. The van der Waals surface area contributed by atoms with Gasteiger partial charge in [0.25, 0.3) is 0 Å². The van der Waals surface area contributed by atoms with E-state index in [4.69, 9.17) is 9.15 Å². The Labute approximate surface area is 131 Å². The van der Waals surface area contributed by atoms with Crippen molar-refractivity contribution in [1.29, 1.82) is 0 Å². The number of likely N-dealkylation sites (tertiary alicyclic amines) is 1. The molecule has 1 aromatic heterocycles. The molecule has 1 fully saturated rings. The van der Waals surface area contributed by atoms with Gasteiger partial charge in [0.1, 0.15) is 5.75 Å². The summed E-state index contributed by atoms with van der Waals surface area (Å²) in [6, 6.07) is 8.33. The number of benzene rings is 1. The highest BCUT2D eigenvalue weighted by Crippen LogP contribution is 2.25. The van der Waals surface area contributed by atoms with E-state index in [-0.39, 0.29) is 0 Å². The average Bonchev–Trinajstić information content (AvgIpc) is 3.04. The SMILES string of the molecule is CCC1CCCCN1Cc1nnc(-c2cccc(OC)c2)o1. The fourth-order valence-corrected chi connectivity index (χ4v) is 3.09. The maximum atomic E-state index is 5.85. The molecule has 118 valence electrons. The van der Waals surface area contributed by atoms with Gasteiger partial charge >= 0.3 is 0 Å². The molecule has 2 aromatic rings. The van der Waals surface area contributed by atoms with Gasteiger partial charge in [-0.05, 0) is 44.0 Å². The van der Waals surface area contributed by atoms with Crippen LogP contribution < -0.4 is 4.74 Å². The number of nitrogens with zero attached hydrogens (tertiary/aromatic N) is 3. The summed E-state index contributed by atoms with van der Waals surface area (Å²) in [6.07, 6.45) is 5.03. The highest BCUT2D eigenvalue weighted by molar-refractivity contribution is 5.55. The maximum Gasteiger partial charge on any atom is 0.247 e. The Morgan fingerprint density at radius 1 is 1.32 bits per heavy atom. The van der Waals surface area contributed by atoms with Gasteiger partial charge in [-0.2, -0.15) is 0 Å². The number of piperidine rings is 1. The molecule has 1 aliphatic rings. The second-order valence-electron chi connectivity index (χ2n) is 5.76. The van der Waals surface area contributed by atoms with Gasteiger partial charge in [0.05, 0.1) is 13.7 Å².